The second kappa shape index (κ2) is 5.04. The molecule has 7 heteroatoms. The van der Waals surface area contributed by atoms with E-state index in [4.69, 9.17) is 22.4 Å². The highest BCUT2D eigenvalue weighted by Crippen LogP contribution is 2.58. The summed E-state index contributed by atoms with van der Waals surface area (Å²) in [7, 11) is 0. The van der Waals surface area contributed by atoms with Crippen LogP contribution >= 0.6 is 11.6 Å². The number of hydrogen-bond acceptors (Lipinski definition) is 3. The molecule has 0 heterocycles. The SMILES string of the molecule is CC1(C)[C@H](C(=O)Nc2cc(C(N)=O)ccc2Cl)[C@@H]1C(=O)O. The molecule has 21 heavy (non-hydrogen) atoms. The van der Waals surface area contributed by atoms with Crippen molar-refractivity contribution in [1.29, 1.82) is 0 Å². The maximum absolute atomic E-state index is 12.2. The van der Waals surface area contributed by atoms with Gasteiger partial charge in [-0.3, -0.25) is 14.4 Å². The van der Waals surface area contributed by atoms with Crippen LogP contribution in [0.3, 0.4) is 0 Å². The zero-order chi connectivity index (χ0) is 15.9. The van der Waals surface area contributed by atoms with Gasteiger partial charge in [-0.2, -0.15) is 0 Å². The van der Waals surface area contributed by atoms with Gasteiger partial charge in [0.2, 0.25) is 11.8 Å². The third-order valence-electron chi connectivity index (χ3n) is 3.88. The number of hydrogen-bond donors (Lipinski definition) is 3. The van der Waals surface area contributed by atoms with Crippen molar-refractivity contribution in [2.45, 2.75) is 13.8 Å². The summed E-state index contributed by atoms with van der Waals surface area (Å²) < 4.78 is 0. The second-order valence-corrected chi connectivity index (χ2v) is 6.07. The van der Waals surface area contributed by atoms with E-state index >= 15 is 0 Å². The maximum Gasteiger partial charge on any atom is 0.307 e. The Hall–Kier alpha value is -2.08. The van der Waals surface area contributed by atoms with E-state index in [9.17, 15) is 14.4 Å². The number of anilines is 1. The number of halogens is 1. The number of primary amides is 1. The number of carboxylic acid groups (broad SMARTS) is 1. The van der Waals surface area contributed by atoms with Crippen LogP contribution in [0.1, 0.15) is 24.2 Å². The third-order valence-corrected chi connectivity index (χ3v) is 4.21. The molecule has 2 amide bonds. The first-order valence-corrected chi connectivity index (χ1v) is 6.67. The van der Waals surface area contributed by atoms with Gasteiger partial charge >= 0.3 is 5.97 Å². The van der Waals surface area contributed by atoms with Gasteiger partial charge in [0.1, 0.15) is 0 Å². The van der Waals surface area contributed by atoms with E-state index in [1.165, 1.54) is 18.2 Å². The Morgan fingerprint density at radius 3 is 2.38 bits per heavy atom. The minimum Gasteiger partial charge on any atom is -0.481 e. The van der Waals surface area contributed by atoms with Crippen LogP contribution in [0.4, 0.5) is 5.69 Å². The Balaban J connectivity index is 2.20. The Labute approximate surface area is 126 Å². The summed E-state index contributed by atoms with van der Waals surface area (Å²) in [6.07, 6.45) is 0. The predicted molar refractivity (Wildman–Crippen MR) is 77.0 cm³/mol. The lowest BCUT2D eigenvalue weighted by molar-refractivity contribution is -0.140. The van der Waals surface area contributed by atoms with E-state index in [0.717, 1.165) is 0 Å². The molecule has 112 valence electrons. The number of carboxylic acids is 1. The first-order chi connectivity index (χ1) is 9.66. The van der Waals surface area contributed by atoms with Crippen molar-refractivity contribution >= 4 is 35.1 Å². The predicted octanol–water partition coefficient (Wildman–Crippen LogP) is 1.73. The lowest BCUT2D eigenvalue weighted by Crippen LogP contribution is -2.19. The molecule has 1 fully saturated rings. The van der Waals surface area contributed by atoms with Crippen LogP contribution in [-0.4, -0.2) is 22.9 Å². The Bertz CT molecular complexity index is 642. The van der Waals surface area contributed by atoms with Crippen LogP contribution in [0.5, 0.6) is 0 Å². The van der Waals surface area contributed by atoms with E-state index in [2.05, 4.69) is 5.32 Å². The van der Waals surface area contributed by atoms with Gasteiger partial charge in [-0.05, 0) is 23.6 Å². The number of aliphatic carboxylic acids is 1. The summed E-state index contributed by atoms with van der Waals surface area (Å²) in [4.78, 5) is 34.4. The molecule has 1 aromatic carbocycles. The minimum absolute atomic E-state index is 0.208. The average Bonchev–Trinajstić information content (AvgIpc) is 2.95. The molecule has 0 aromatic heterocycles. The monoisotopic (exact) mass is 310 g/mol. The second-order valence-electron chi connectivity index (χ2n) is 5.66. The molecular formula is C14H15ClN2O4. The lowest BCUT2D eigenvalue weighted by Gasteiger charge is -2.09. The van der Waals surface area contributed by atoms with Crippen molar-refractivity contribution in [3.63, 3.8) is 0 Å². The highest BCUT2D eigenvalue weighted by Gasteiger charge is 2.65. The van der Waals surface area contributed by atoms with Crippen molar-refractivity contribution < 1.29 is 19.5 Å². The number of carbonyl (C=O) groups is 3. The maximum atomic E-state index is 12.2. The molecular weight excluding hydrogens is 296 g/mol. The van der Waals surface area contributed by atoms with E-state index in [-0.39, 0.29) is 16.3 Å². The number of nitrogens with two attached hydrogens (primary N) is 1. The van der Waals surface area contributed by atoms with Gasteiger partial charge in [0, 0.05) is 5.56 Å². The van der Waals surface area contributed by atoms with Crippen molar-refractivity contribution in [3.05, 3.63) is 28.8 Å². The first-order valence-electron chi connectivity index (χ1n) is 6.29. The van der Waals surface area contributed by atoms with Gasteiger partial charge in [0.15, 0.2) is 0 Å². The molecule has 0 unspecified atom stereocenters. The zero-order valence-corrected chi connectivity index (χ0v) is 12.3. The van der Waals surface area contributed by atoms with Crippen LogP contribution in [0.25, 0.3) is 0 Å². The summed E-state index contributed by atoms with van der Waals surface area (Å²) in [6, 6.07) is 4.26. The summed E-state index contributed by atoms with van der Waals surface area (Å²) in [5, 5.41) is 11.9. The summed E-state index contributed by atoms with van der Waals surface area (Å²) in [6.45, 7) is 3.44. The minimum atomic E-state index is -1.00. The molecule has 1 aliphatic carbocycles. The van der Waals surface area contributed by atoms with Crippen LogP contribution in [-0.2, 0) is 9.59 Å². The van der Waals surface area contributed by atoms with Crippen molar-refractivity contribution in [2.75, 3.05) is 5.32 Å². The topological polar surface area (TPSA) is 109 Å². The number of nitrogens with one attached hydrogen (secondary N) is 1. The largest absolute Gasteiger partial charge is 0.481 e. The number of benzene rings is 1. The quantitative estimate of drug-likeness (QED) is 0.786. The molecule has 1 saturated carbocycles. The van der Waals surface area contributed by atoms with Crippen molar-refractivity contribution in [3.8, 4) is 0 Å². The fourth-order valence-corrected chi connectivity index (χ4v) is 2.74. The lowest BCUT2D eigenvalue weighted by atomic mass is 10.1. The van der Waals surface area contributed by atoms with Crippen molar-refractivity contribution in [2.24, 2.45) is 23.0 Å². The molecule has 6 nitrogen and oxygen atoms in total. The fraction of sp³-hybridized carbons (Fsp3) is 0.357. The fourth-order valence-electron chi connectivity index (χ4n) is 2.57. The normalized spacial score (nSPS) is 22.4. The average molecular weight is 311 g/mol. The summed E-state index contributed by atoms with van der Waals surface area (Å²) in [5.41, 5.74) is 5.01. The van der Waals surface area contributed by atoms with Gasteiger partial charge in [-0.25, -0.2) is 0 Å². The zero-order valence-electron chi connectivity index (χ0n) is 11.5. The van der Waals surface area contributed by atoms with Crippen LogP contribution in [0, 0.1) is 17.3 Å². The molecule has 1 aliphatic rings. The number of carbonyl (C=O) groups excluding carboxylic acids is 2. The van der Waals surface area contributed by atoms with E-state index < -0.39 is 35.0 Å². The highest BCUT2D eigenvalue weighted by atomic mass is 35.5. The van der Waals surface area contributed by atoms with E-state index in [1.807, 2.05) is 0 Å². The third kappa shape index (κ3) is 2.71. The Morgan fingerprint density at radius 2 is 1.90 bits per heavy atom. The van der Waals surface area contributed by atoms with E-state index in [0.29, 0.717) is 0 Å². The highest BCUT2D eigenvalue weighted by molar-refractivity contribution is 6.34. The Kier molecular flexibility index (Phi) is 3.67. The molecule has 0 bridgehead atoms. The first kappa shape index (κ1) is 15.3. The van der Waals surface area contributed by atoms with Crippen LogP contribution in [0.2, 0.25) is 5.02 Å². The molecule has 0 radical (unpaired) electrons. The van der Waals surface area contributed by atoms with Gasteiger partial charge in [-0.1, -0.05) is 25.4 Å². The molecule has 0 aliphatic heterocycles. The van der Waals surface area contributed by atoms with Gasteiger partial charge in [0.25, 0.3) is 0 Å². The van der Waals surface area contributed by atoms with Crippen LogP contribution < -0.4 is 11.1 Å². The smallest absolute Gasteiger partial charge is 0.307 e. The number of rotatable bonds is 4. The Morgan fingerprint density at radius 1 is 1.29 bits per heavy atom. The van der Waals surface area contributed by atoms with Crippen LogP contribution in [0.15, 0.2) is 18.2 Å². The molecule has 1 aromatic rings. The van der Waals surface area contributed by atoms with Gasteiger partial charge in [0.05, 0.1) is 22.5 Å². The van der Waals surface area contributed by atoms with Gasteiger partial charge in [-0.15, -0.1) is 0 Å². The standard InChI is InChI=1S/C14H15ClN2O4/c1-14(2)9(10(14)13(20)21)12(19)17-8-5-6(11(16)18)3-4-7(8)15/h3-5,9-10H,1-2H3,(H2,16,18)(H,17,19)(H,20,21)/t9-,10+/m0/s1. The number of amides is 2. The summed E-state index contributed by atoms with van der Waals surface area (Å²) in [5.74, 6) is -3.44. The molecule has 4 N–H and O–H groups in total. The van der Waals surface area contributed by atoms with E-state index in [1.54, 1.807) is 13.8 Å². The van der Waals surface area contributed by atoms with Gasteiger partial charge < -0.3 is 16.2 Å². The van der Waals surface area contributed by atoms with Crippen molar-refractivity contribution in [1.82, 2.24) is 0 Å². The molecule has 2 rings (SSSR count). The molecule has 2 atom stereocenters. The molecule has 0 saturated heterocycles. The molecule has 0 spiro atoms. The summed E-state index contributed by atoms with van der Waals surface area (Å²) >= 11 is 5.96.